The van der Waals surface area contributed by atoms with E-state index in [1.165, 1.54) is 12.1 Å². The second-order valence-electron chi connectivity index (χ2n) is 8.89. The summed E-state index contributed by atoms with van der Waals surface area (Å²) in [5.41, 5.74) is 0.712. The summed E-state index contributed by atoms with van der Waals surface area (Å²) < 4.78 is 35.4. The minimum atomic E-state index is -0.995. The Hall–Kier alpha value is -3.40. The Balaban J connectivity index is 1.18. The number of fused-ring (bicyclic) bond motifs is 2. The first kappa shape index (κ1) is 20.2. The van der Waals surface area contributed by atoms with Crippen molar-refractivity contribution < 1.29 is 23.1 Å². The molecule has 0 aliphatic carbocycles. The lowest BCUT2D eigenvalue weighted by Gasteiger charge is -2.37. The molecular formula is C23H21F2N5O3. The molecular weight excluding hydrogens is 432 g/mol. The first-order valence-corrected chi connectivity index (χ1v) is 11.0. The Morgan fingerprint density at radius 1 is 1.09 bits per heavy atom. The third-order valence-electron chi connectivity index (χ3n) is 7.00. The lowest BCUT2D eigenvalue weighted by atomic mass is 9.89. The van der Waals surface area contributed by atoms with E-state index in [1.54, 1.807) is 38.8 Å². The molecule has 33 heavy (non-hydrogen) atoms. The highest BCUT2D eigenvalue weighted by molar-refractivity contribution is 5.95. The van der Waals surface area contributed by atoms with E-state index in [1.807, 2.05) is 0 Å². The van der Waals surface area contributed by atoms with Gasteiger partial charge in [-0.25, -0.2) is 13.3 Å². The number of hydrogen-bond donors (Lipinski definition) is 0. The molecule has 3 aromatic rings. The van der Waals surface area contributed by atoms with E-state index < -0.39 is 29.5 Å². The van der Waals surface area contributed by atoms with Crippen molar-refractivity contribution in [3.8, 4) is 0 Å². The SMILES string of the molecule is O=C(c1ccn2nncc2c1)N1CCC2(CC1)OC1CCC(c3cc(F)cc(F)c3)N1C2=O. The van der Waals surface area contributed by atoms with Crippen LogP contribution in [0.5, 0.6) is 0 Å². The van der Waals surface area contributed by atoms with Crippen LogP contribution in [0.2, 0.25) is 0 Å². The number of ether oxygens (including phenoxy) is 1. The van der Waals surface area contributed by atoms with Gasteiger partial charge in [0.05, 0.1) is 17.8 Å². The van der Waals surface area contributed by atoms with Gasteiger partial charge in [0, 0.05) is 43.8 Å². The summed E-state index contributed by atoms with van der Waals surface area (Å²) in [7, 11) is 0. The minimum absolute atomic E-state index is 0.118. The zero-order valence-electron chi connectivity index (χ0n) is 17.7. The molecule has 1 spiro atoms. The third-order valence-corrected chi connectivity index (χ3v) is 7.00. The molecule has 10 heteroatoms. The summed E-state index contributed by atoms with van der Waals surface area (Å²) in [5.74, 6) is -1.59. The molecule has 3 aliphatic heterocycles. The summed E-state index contributed by atoms with van der Waals surface area (Å²) in [6, 6.07) is 6.41. The van der Waals surface area contributed by atoms with Gasteiger partial charge >= 0.3 is 0 Å². The van der Waals surface area contributed by atoms with Gasteiger partial charge in [-0.2, -0.15) is 0 Å². The van der Waals surface area contributed by atoms with Gasteiger partial charge in [0.1, 0.15) is 17.9 Å². The van der Waals surface area contributed by atoms with Crippen LogP contribution in [0.1, 0.15) is 47.6 Å². The number of pyridine rings is 1. The maximum absolute atomic E-state index is 13.8. The summed E-state index contributed by atoms with van der Waals surface area (Å²) in [4.78, 5) is 29.9. The number of likely N-dealkylation sites (tertiary alicyclic amines) is 1. The second-order valence-corrected chi connectivity index (χ2v) is 8.89. The van der Waals surface area contributed by atoms with Crippen LogP contribution in [0, 0.1) is 11.6 Å². The Morgan fingerprint density at radius 2 is 1.85 bits per heavy atom. The van der Waals surface area contributed by atoms with Crippen molar-refractivity contribution in [3.05, 3.63) is 65.5 Å². The van der Waals surface area contributed by atoms with Crippen LogP contribution in [0.15, 0.2) is 42.7 Å². The zero-order chi connectivity index (χ0) is 22.7. The fourth-order valence-electron chi connectivity index (χ4n) is 5.36. The van der Waals surface area contributed by atoms with Crippen molar-refractivity contribution in [2.75, 3.05) is 13.1 Å². The van der Waals surface area contributed by atoms with Crippen molar-refractivity contribution in [1.29, 1.82) is 0 Å². The predicted octanol–water partition coefficient (Wildman–Crippen LogP) is 2.70. The standard InChI is InChI=1S/C23H21F2N5O3/c24-16-9-15(10-17(25)12-16)19-1-2-20-30(19)22(32)23(33-20)4-7-28(8-5-23)21(31)14-3-6-29-18(11-14)13-26-27-29/h3,6,9-13,19-20H,1-2,4-5,7-8H2. The zero-order valence-corrected chi connectivity index (χ0v) is 17.7. The van der Waals surface area contributed by atoms with E-state index in [9.17, 15) is 18.4 Å². The molecule has 6 rings (SSSR count). The summed E-state index contributed by atoms with van der Waals surface area (Å²) in [5, 5.41) is 7.72. The van der Waals surface area contributed by atoms with Crippen molar-refractivity contribution in [1.82, 2.24) is 24.6 Å². The van der Waals surface area contributed by atoms with Gasteiger partial charge in [0.2, 0.25) is 0 Å². The maximum Gasteiger partial charge on any atom is 0.257 e. The van der Waals surface area contributed by atoms with Crippen molar-refractivity contribution >= 4 is 17.3 Å². The van der Waals surface area contributed by atoms with Crippen LogP contribution in [0.4, 0.5) is 8.78 Å². The fourth-order valence-corrected chi connectivity index (χ4v) is 5.36. The average Bonchev–Trinajstić information content (AvgIpc) is 3.49. The molecule has 2 atom stereocenters. The number of rotatable bonds is 2. The molecule has 2 unspecified atom stereocenters. The highest BCUT2D eigenvalue weighted by atomic mass is 19.1. The van der Waals surface area contributed by atoms with Crippen LogP contribution in [-0.4, -0.2) is 61.4 Å². The average molecular weight is 453 g/mol. The lowest BCUT2D eigenvalue weighted by molar-refractivity contribution is -0.142. The van der Waals surface area contributed by atoms with E-state index in [-0.39, 0.29) is 11.8 Å². The molecule has 0 N–H and O–H groups in total. The van der Waals surface area contributed by atoms with E-state index in [0.29, 0.717) is 49.9 Å². The molecule has 0 radical (unpaired) electrons. The summed E-state index contributed by atoms with van der Waals surface area (Å²) in [6.45, 7) is 0.764. The number of piperidine rings is 1. The number of carbonyl (C=O) groups is 2. The molecule has 3 fully saturated rings. The van der Waals surface area contributed by atoms with Crippen LogP contribution in [-0.2, 0) is 9.53 Å². The highest BCUT2D eigenvalue weighted by Gasteiger charge is 2.58. The normalized spacial score (nSPS) is 24.1. The highest BCUT2D eigenvalue weighted by Crippen LogP contribution is 2.47. The molecule has 0 bridgehead atoms. The van der Waals surface area contributed by atoms with Gasteiger partial charge in [-0.05, 0) is 42.7 Å². The van der Waals surface area contributed by atoms with Crippen LogP contribution < -0.4 is 0 Å². The largest absolute Gasteiger partial charge is 0.342 e. The van der Waals surface area contributed by atoms with Gasteiger partial charge in [-0.3, -0.25) is 9.59 Å². The van der Waals surface area contributed by atoms with E-state index in [0.717, 1.165) is 11.6 Å². The Kier molecular flexibility index (Phi) is 4.48. The monoisotopic (exact) mass is 453 g/mol. The molecule has 3 aliphatic rings. The number of benzene rings is 1. The number of aromatic nitrogens is 3. The predicted molar refractivity (Wildman–Crippen MR) is 111 cm³/mol. The molecule has 0 saturated carbocycles. The minimum Gasteiger partial charge on any atom is -0.342 e. The van der Waals surface area contributed by atoms with Gasteiger partial charge in [0.15, 0.2) is 5.60 Å². The molecule has 2 amide bonds. The van der Waals surface area contributed by atoms with Gasteiger partial charge in [-0.1, -0.05) is 5.21 Å². The smallest absolute Gasteiger partial charge is 0.257 e. The van der Waals surface area contributed by atoms with Crippen molar-refractivity contribution in [2.24, 2.45) is 0 Å². The van der Waals surface area contributed by atoms with Crippen LogP contribution in [0.25, 0.3) is 5.52 Å². The second kappa shape index (κ2) is 7.31. The molecule has 3 saturated heterocycles. The molecule has 2 aromatic heterocycles. The Bertz CT molecular complexity index is 1250. The summed E-state index contributed by atoms with van der Waals surface area (Å²) >= 11 is 0. The fraction of sp³-hybridized carbons (Fsp3) is 0.391. The van der Waals surface area contributed by atoms with Gasteiger partial charge in [0.25, 0.3) is 11.8 Å². The summed E-state index contributed by atoms with van der Waals surface area (Å²) in [6.07, 6.45) is 4.82. The lowest BCUT2D eigenvalue weighted by Crippen LogP contribution is -2.51. The molecule has 8 nitrogen and oxygen atoms in total. The number of amides is 2. The molecule has 170 valence electrons. The van der Waals surface area contributed by atoms with Gasteiger partial charge in [-0.15, -0.1) is 5.10 Å². The number of carbonyl (C=O) groups excluding carboxylic acids is 2. The maximum atomic E-state index is 13.8. The number of hydrogen-bond acceptors (Lipinski definition) is 5. The first-order chi connectivity index (χ1) is 15.9. The quantitative estimate of drug-likeness (QED) is 0.596. The molecule has 1 aromatic carbocycles. The van der Waals surface area contributed by atoms with Crippen molar-refractivity contribution in [2.45, 2.75) is 43.6 Å². The van der Waals surface area contributed by atoms with E-state index >= 15 is 0 Å². The Morgan fingerprint density at radius 3 is 2.61 bits per heavy atom. The van der Waals surface area contributed by atoms with E-state index in [2.05, 4.69) is 10.3 Å². The molecule has 5 heterocycles. The first-order valence-electron chi connectivity index (χ1n) is 11.0. The van der Waals surface area contributed by atoms with Crippen molar-refractivity contribution in [3.63, 3.8) is 0 Å². The van der Waals surface area contributed by atoms with Gasteiger partial charge < -0.3 is 14.5 Å². The number of nitrogens with zero attached hydrogens (tertiary/aromatic N) is 5. The Labute approximate surface area is 187 Å². The topological polar surface area (TPSA) is 80.0 Å². The third kappa shape index (κ3) is 3.19. The number of halogens is 2. The van der Waals surface area contributed by atoms with Crippen LogP contribution in [0.3, 0.4) is 0 Å². The van der Waals surface area contributed by atoms with Crippen LogP contribution >= 0.6 is 0 Å². The van der Waals surface area contributed by atoms with E-state index in [4.69, 9.17) is 4.74 Å².